The van der Waals surface area contributed by atoms with E-state index in [1.807, 2.05) is 31.3 Å². The van der Waals surface area contributed by atoms with Gasteiger partial charge in [-0.15, -0.1) is 11.8 Å². The number of amides is 2. The molecule has 0 unspecified atom stereocenters. The van der Waals surface area contributed by atoms with Crippen molar-refractivity contribution in [1.29, 1.82) is 0 Å². The van der Waals surface area contributed by atoms with Gasteiger partial charge in [-0.2, -0.15) is 4.31 Å². The molecule has 4 rings (SSSR count). The lowest BCUT2D eigenvalue weighted by molar-refractivity contribution is -0.120. The zero-order chi connectivity index (χ0) is 22.0. The summed E-state index contributed by atoms with van der Waals surface area (Å²) in [6.45, 7) is 2.22. The molecule has 2 aliphatic rings. The van der Waals surface area contributed by atoms with Crippen molar-refractivity contribution in [2.24, 2.45) is 0 Å². The molecular weight excluding hydrogens is 436 g/mol. The average molecular weight is 461 g/mol. The van der Waals surface area contributed by atoms with E-state index in [0.717, 1.165) is 10.6 Å². The molecule has 2 aromatic carbocycles. The summed E-state index contributed by atoms with van der Waals surface area (Å²) in [6.07, 6.45) is 0. The van der Waals surface area contributed by atoms with Crippen molar-refractivity contribution in [3.05, 3.63) is 48.5 Å². The molecule has 10 heteroatoms. The van der Waals surface area contributed by atoms with E-state index < -0.39 is 10.0 Å². The van der Waals surface area contributed by atoms with Crippen LogP contribution >= 0.6 is 11.8 Å². The third-order valence-electron chi connectivity index (χ3n) is 5.35. The van der Waals surface area contributed by atoms with E-state index in [1.54, 1.807) is 12.1 Å². The minimum atomic E-state index is -3.56. The first kappa shape index (κ1) is 21.8. The number of hydrogen-bond acceptors (Lipinski definition) is 6. The van der Waals surface area contributed by atoms with Crippen molar-refractivity contribution < 1.29 is 18.0 Å². The second-order valence-electron chi connectivity index (χ2n) is 7.52. The predicted molar refractivity (Wildman–Crippen MR) is 121 cm³/mol. The number of sulfonamides is 1. The maximum atomic E-state index is 12.8. The van der Waals surface area contributed by atoms with E-state index in [4.69, 9.17) is 0 Å². The minimum absolute atomic E-state index is 0.0995. The SMILES string of the molecule is CN1CCN(S(=O)(=O)c2ccc(NC(=O)CN3C(=O)CSc4ccccc43)cc2)CC1. The highest BCUT2D eigenvalue weighted by Gasteiger charge is 2.28. The number of carbonyl (C=O) groups excluding carboxylic acids is 2. The van der Waals surface area contributed by atoms with Gasteiger partial charge in [0.05, 0.1) is 16.3 Å². The van der Waals surface area contributed by atoms with E-state index in [-0.39, 0.29) is 23.3 Å². The summed E-state index contributed by atoms with van der Waals surface area (Å²) in [4.78, 5) is 29.6. The van der Waals surface area contributed by atoms with Gasteiger partial charge < -0.3 is 15.1 Å². The summed E-state index contributed by atoms with van der Waals surface area (Å²) >= 11 is 1.46. The molecule has 2 aromatic rings. The molecule has 164 valence electrons. The quantitative estimate of drug-likeness (QED) is 0.731. The summed E-state index contributed by atoms with van der Waals surface area (Å²) in [7, 11) is -1.59. The Labute approximate surface area is 186 Å². The van der Waals surface area contributed by atoms with Gasteiger partial charge in [-0.3, -0.25) is 9.59 Å². The van der Waals surface area contributed by atoms with Crippen LogP contribution in [0.5, 0.6) is 0 Å². The molecular formula is C21H24N4O4S2. The molecule has 0 bridgehead atoms. The summed E-state index contributed by atoms with van der Waals surface area (Å²) in [5.74, 6) is -0.166. The number of piperazine rings is 1. The smallest absolute Gasteiger partial charge is 0.244 e. The summed E-state index contributed by atoms with van der Waals surface area (Å²) in [6, 6.07) is 13.6. The third kappa shape index (κ3) is 4.77. The maximum Gasteiger partial charge on any atom is 0.244 e. The molecule has 0 saturated carbocycles. The van der Waals surface area contributed by atoms with Gasteiger partial charge >= 0.3 is 0 Å². The Bertz CT molecular complexity index is 1080. The van der Waals surface area contributed by atoms with Gasteiger partial charge in [0.25, 0.3) is 0 Å². The van der Waals surface area contributed by atoms with Gasteiger partial charge in [-0.1, -0.05) is 12.1 Å². The molecule has 0 aliphatic carbocycles. The van der Waals surface area contributed by atoms with Crippen LogP contribution in [0, 0.1) is 0 Å². The largest absolute Gasteiger partial charge is 0.325 e. The second-order valence-corrected chi connectivity index (χ2v) is 10.5. The van der Waals surface area contributed by atoms with Crippen LogP contribution in [0.15, 0.2) is 58.3 Å². The van der Waals surface area contributed by atoms with E-state index in [2.05, 4.69) is 10.2 Å². The summed E-state index contributed by atoms with van der Waals surface area (Å²) < 4.78 is 27.1. The first-order valence-electron chi connectivity index (χ1n) is 9.95. The number of hydrogen-bond donors (Lipinski definition) is 1. The number of nitrogens with one attached hydrogen (secondary N) is 1. The van der Waals surface area contributed by atoms with Crippen LogP contribution in [0.2, 0.25) is 0 Å². The average Bonchev–Trinajstić information content (AvgIpc) is 2.76. The summed E-state index contributed by atoms with van der Waals surface area (Å²) in [5.41, 5.74) is 1.21. The number of benzene rings is 2. The molecule has 8 nitrogen and oxygen atoms in total. The Morgan fingerprint density at radius 1 is 1.03 bits per heavy atom. The standard InChI is InChI=1S/C21H24N4O4S2/c1-23-10-12-24(13-11-23)31(28,29)17-8-6-16(7-9-17)22-20(26)14-25-18-4-2-3-5-19(18)30-15-21(25)27/h2-9H,10-15H2,1H3,(H,22,26). The minimum Gasteiger partial charge on any atom is -0.325 e. The maximum absolute atomic E-state index is 12.8. The zero-order valence-corrected chi connectivity index (χ0v) is 18.8. The van der Waals surface area contributed by atoms with Gasteiger partial charge in [0.2, 0.25) is 21.8 Å². The lowest BCUT2D eigenvalue weighted by Gasteiger charge is -2.31. The highest BCUT2D eigenvalue weighted by molar-refractivity contribution is 8.00. The van der Waals surface area contributed by atoms with Crippen LogP contribution in [0.25, 0.3) is 0 Å². The molecule has 0 spiro atoms. The molecule has 0 radical (unpaired) electrons. The van der Waals surface area contributed by atoms with Gasteiger partial charge in [-0.05, 0) is 43.4 Å². The molecule has 0 atom stereocenters. The van der Waals surface area contributed by atoms with Crippen LogP contribution in [-0.2, 0) is 19.6 Å². The fourth-order valence-electron chi connectivity index (χ4n) is 3.56. The van der Waals surface area contributed by atoms with Crippen LogP contribution in [-0.4, -0.2) is 75.0 Å². The van der Waals surface area contributed by atoms with Crippen molar-refractivity contribution in [3.8, 4) is 0 Å². The first-order chi connectivity index (χ1) is 14.8. The van der Waals surface area contributed by atoms with Crippen molar-refractivity contribution in [2.45, 2.75) is 9.79 Å². The highest BCUT2D eigenvalue weighted by Crippen LogP contribution is 2.34. The number of fused-ring (bicyclic) bond motifs is 1. The molecule has 0 aromatic heterocycles. The summed E-state index contributed by atoms with van der Waals surface area (Å²) in [5, 5.41) is 2.75. The van der Waals surface area contributed by atoms with Crippen molar-refractivity contribution in [3.63, 3.8) is 0 Å². The normalized spacial score (nSPS) is 18.0. The third-order valence-corrected chi connectivity index (χ3v) is 8.31. The topological polar surface area (TPSA) is 90.0 Å². The van der Waals surface area contributed by atoms with Crippen LogP contribution in [0.1, 0.15) is 0 Å². The van der Waals surface area contributed by atoms with Crippen molar-refractivity contribution >= 4 is 45.0 Å². The lowest BCUT2D eigenvalue weighted by Crippen LogP contribution is -2.47. The van der Waals surface area contributed by atoms with Crippen molar-refractivity contribution in [2.75, 3.05) is 55.7 Å². The molecule has 2 aliphatic heterocycles. The number of likely N-dealkylation sites (N-methyl/N-ethyl adjacent to an activating group) is 1. The lowest BCUT2D eigenvalue weighted by atomic mass is 10.2. The molecule has 31 heavy (non-hydrogen) atoms. The highest BCUT2D eigenvalue weighted by atomic mass is 32.2. The Morgan fingerprint density at radius 3 is 2.42 bits per heavy atom. The monoisotopic (exact) mass is 460 g/mol. The Balaban J connectivity index is 1.41. The molecule has 2 heterocycles. The number of thioether (sulfide) groups is 1. The van der Waals surface area contributed by atoms with E-state index >= 15 is 0 Å². The molecule has 1 N–H and O–H groups in total. The zero-order valence-electron chi connectivity index (χ0n) is 17.2. The number of anilines is 2. The van der Waals surface area contributed by atoms with E-state index in [0.29, 0.717) is 37.6 Å². The van der Waals surface area contributed by atoms with Gasteiger partial charge in [0, 0.05) is 36.8 Å². The Morgan fingerprint density at radius 2 is 1.71 bits per heavy atom. The van der Waals surface area contributed by atoms with Crippen LogP contribution in [0.4, 0.5) is 11.4 Å². The molecule has 1 saturated heterocycles. The number of rotatable bonds is 5. The Kier molecular flexibility index (Phi) is 6.33. The fourth-order valence-corrected chi connectivity index (χ4v) is 5.92. The van der Waals surface area contributed by atoms with Gasteiger partial charge in [-0.25, -0.2) is 8.42 Å². The second kappa shape index (κ2) is 8.99. The van der Waals surface area contributed by atoms with Gasteiger partial charge in [0.15, 0.2) is 0 Å². The number of nitrogens with zero attached hydrogens (tertiary/aromatic N) is 3. The number of carbonyl (C=O) groups is 2. The molecule has 2 amide bonds. The molecule has 1 fully saturated rings. The van der Waals surface area contributed by atoms with Crippen LogP contribution in [0.3, 0.4) is 0 Å². The van der Waals surface area contributed by atoms with Crippen molar-refractivity contribution in [1.82, 2.24) is 9.21 Å². The van der Waals surface area contributed by atoms with E-state index in [9.17, 15) is 18.0 Å². The first-order valence-corrected chi connectivity index (χ1v) is 12.4. The predicted octanol–water partition coefficient (Wildman–Crippen LogP) is 1.70. The van der Waals surface area contributed by atoms with Crippen LogP contribution < -0.4 is 10.2 Å². The Hall–Kier alpha value is -2.40. The van der Waals surface area contributed by atoms with E-state index in [1.165, 1.54) is 33.1 Å². The number of para-hydroxylation sites is 1. The van der Waals surface area contributed by atoms with Gasteiger partial charge in [0.1, 0.15) is 6.54 Å². The fraction of sp³-hybridized carbons (Fsp3) is 0.333.